The predicted molar refractivity (Wildman–Crippen MR) is 495 cm³/mol. The molecule has 18 rings (SSSR count). The Balaban J connectivity index is 0.000000134. The summed E-state index contributed by atoms with van der Waals surface area (Å²) in [6, 6.07) is 48.1. The lowest BCUT2D eigenvalue weighted by molar-refractivity contribution is -0.138. The average Bonchev–Trinajstić information content (AvgIpc) is 1.62. The van der Waals surface area contributed by atoms with Gasteiger partial charge >= 0.3 is 6.18 Å². The molecular weight excluding hydrogens is 1770 g/mol. The fourth-order valence-corrected chi connectivity index (χ4v) is 18.4. The number of ketones is 2. The van der Waals surface area contributed by atoms with Crippen molar-refractivity contribution in [1.82, 2.24) is 54.0 Å². The number of sulfonamides is 3. The fourth-order valence-electron chi connectivity index (χ4n) is 15.7. The molecule has 34 nitrogen and oxygen atoms in total. The molecule has 10 heterocycles. The van der Waals surface area contributed by atoms with Crippen LogP contribution in [0.25, 0.3) is 0 Å². The number of piperidine rings is 1. The number of anilines is 18. The SMILES string of the molecule is CCN1CCN(Cc2ccc(Nc3ncc4c(n3)N(C)c3ccccc3C(=O)C4)cc2C(F)(F)F)CC1.CN1C(=O)c2cc(Cl)ccc2N(C)c2nc(Nc3ccc(S(N)(=O)=O)cc3)ncc21.CN1c2ccccc2C(=O)Cc2cnc(Nc3ccc(S(=O)(=O)N4CCC(O)CC4)cc3)nc21.Cc1ccc2c(c1)C(=O)N(C)c1cnc(Nc3ccc(S(N)(=O)=O)cc3)nc1N2C. The number of nitrogens with zero attached hydrogens (tertiary/aromatic N) is 17. The summed E-state index contributed by atoms with van der Waals surface area (Å²) in [5, 5.41) is 32.5. The maximum atomic E-state index is 14.0. The molecule has 6 aliphatic heterocycles. The van der Waals surface area contributed by atoms with E-state index in [-0.39, 0.29) is 80.6 Å². The number of rotatable bonds is 15. The Morgan fingerprint density at radius 3 is 1.26 bits per heavy atom. The van der Waals surface area contributed by atoms with E-state index in [0.717, 1.165) is 67.0 Å². The smallest absolute Gasteiger partial charge is 0.393 e. The number of primary sulfonamides is 2. The van der Waals surface area contributed by atoms with Crippen LogP contribution >= 0.6 is 11.6 Å². The van der Waals surface area contributed by atoms with E-state index < -0.39 is 47.9 Å². The van der Waals surface area contributed by atoms with Crippen LogP contribution in [0.2, 0.25) is 5.02 Å². The second kappa shape index (κ2) is 37.9. The van der Waals surface area contributed by atoms with Gasteiger partial charge in [0.15, 0.2) is 23.2 Å². The number of benzene rings is 8. The number of hydrogen-bond acceptors (Lipinski definition) is 29. The number of aliphatic hydroxyl groups is 1. The van der Waals surface area contributed by atoms with E-state index in [1.165, 1.54) is 44.4 Å². The number of hydrogen-bond donors (Lipinski definition) is 7. The summed E-state index contributed by atoms with van der Waals surface area (Å²) in [5.41, 5.74) is 10.4. The minimum absolute atomic E-state index is 0.00559. The Morgan fingerprint density at radius 1 is 0.435 bits per heavy atom. The summed E-state index contributed by atoms with van der Waals surface area (Å²) in [5.74, 6) is 2.98. The molecule has 0 saturated carbocycles. The number of piperazine rings is 1. The van der Waals surface area contributed by atoms with Gasteiger partial charge in [-0.25, -0.2) is 55.5 Å². The Bertz CT molecular complexity index is 6590. The van der Waals surface area contributed by atoms with Gasteiger partial charge in [0.25, 0.3) is 11.8 Å². The molecule has 0 unspecified atom stereocenters. The van der Waals surface area contributed by atoms with Gasteiger partial charge in [-0.05, 0) is 171 Å². The van der Waals surface area contributed by atoms with Crippen LogP contribution in [0, 0.1) is 6.92 Å². The van der Waals surface area contributed by atoms with Gasteiger partial charge in [-0.2, -0.15) is 37.4 Å². The zero-order chi connectivity index (χ0) is 93.3. The van der Waals surface area contributed by atoms with Crippen molar-refractivity contribution in [1.29, 1.82) is 0 Å². The minimum Gasteiger partial charge on any atom is -0.393 e. The highest BCUT2D eigenvalue weighted by Gasteiger charge is 2.37. The van der Waals surface area contributed by atoms with Crippen LogP contribution in [-0.4, -0.2) is 202 Å². The van der Waals surface area contributed by atoms with Crippen molar-refractivity contribution in [3.05, 3.63) is 256 Å². The first kappa shape index (κ1) is 92.2. The van der Waals surface area contributed by atoms with Gasteiger partial charge in [0.2, 0.25) is 53.9 Å². The average molecular weight is 1860 g/mol. The van der Waals surface area contributed by atoms with Crippen molar-refractivity contribution < 1.29 is 62.7 Å². The number of nitrogens with two attached hydrogens (primary N) is 2. The third kappa shape index (κ3) is 20.4. The second-order valence-electron chi connectivity index (χ2n) is 31.6. The Labute approximate surface area is 759 Å². The van der Waals surface area contributed by atoms with Gasteiger partial charge in [-0.1, -0.05) is 60.5 Å². The zero-order valence-corrected chi connectivity index (χ0v) is 75.3. The van der Waals surface area contributed by atoms with Gasteiger partial charge in [0.1, 0.15) is 23.0 Å². The Hall–Kier alpha value is -13.6. The Kier molecular flexibility index (Phi) is 26.6. The van der Waals surface area contributed by atoms with Crippen LogP contribution < -0.4 is 60.9 Å². The van der Waals surface area contributed by atoms with Gasteiger partial charge in [0, 0.05) is 163 Å². The summed E-state index contributed by atoms with van der Waals surface area (Å²) >= 11 is 6.08. The van der Waals surface area contributed by atoms with E-state index in [1.54, 1.807) is 130 Å². The summed E-state index contributed by atoms with van der Waals surface area (Å²) in [6.45, 7) is 9.06. The molecule has 2 saturated heterocycles. The van der Waals surface area contributed by atoms with Crippen molar-refractivity contribution in [2.45, 2.75) is 73.0 Å². The maximum absolute atomic E-state index is 14.0. The number of para-hydroxylation sites is 2. The van der Waals surface area contributed by atoms with Crippen LogP contribution in [0.15, 0.2) is 215 Å². The van der Waals surface area contributed by atoms with Crippen LogP contribution in [0.4, 0.5) is 117 Å². The van der Waals surface area contributed by atoms with Crippen LogP contribution in [0.5, 0.6) is 0 Å². The number of amides is 2. The molecule has 0 spiro atoms. The summed E-state index contributed by atoms with van der Waals surface area (Å²) in [4.78, 5) is 102. The number of likely N-dealkylation sites (N-methyl/N-ethyl adjacent to an activating group) is 1. The standard InChI is InChI=1S/C27H29F3N6O.C24H25N5O4S.C20H20N6O3S.C19H17ClN6O3S/c1-3-35-10-12-36(13-11-35)17-18-8-9-20(15-22(18)27(28,29)30)32-26-31-16-19-14-24(37)21-6-4-5-7-23(21)34(2)25(19)33-26;1-28-21-5-3-2-4-20(21)22(31)14-16-15-25-24(27-23(16)28)26-17-6-8-19(9-7-17)34(32,33)29-12-10-18(30)11-13-29;1-12-4-9-16-15(10-12)19(27)26(3)17-11-22-20(24-18(17)25(16)2)23-13-5-7-14(8-6-13)30(21,28)29;1-25-15-8-3-11(20)9-14(15)18(27)26(2)16-10-22-19(24-17(16)25)23-12-4-6-13(7-5-12)30(21,28)29/h4-9,15-16H,3,10-14,17H2,1-2H3,(H,31,32,33);2-9,15,18,30H,10-14H2,1H3,(H,25,26,27);4-11H,1-3H3,(H2,21,28,29)(H,22,23,24);3-10H,1-2H3,(H2,21,28,29)(H,22,23,24). The largest absolute Gasteiger partial charge is 0.416 e. The normalized spacial score (nSPS) is 15.4. The number of alkyl halides is 3. The van der Waals surface area contributed by atoms with Crippen molar-refractivity contribution in [2.75, 3.05) is 139 Å². The second-order valence-corrected chi connectivity index (χ2v) is 37.1. The van der Waals surface area contributed by atoms with Crippen molar-refractivity contribution in [3.8, 4) is 0 Å². The first-order valence-electron chi connectivity index (χ1n) is 41.2. The number of Topliss-reactive ketones (excluding diaryl/α,β-unsaturated/α-hetero) is 2. The first-order valence-corrected chi connectivity index (χ1v) is 46.1. The predicted octanol–water partition coefficient (Wildman–Crippen LogP) is 13.2. The lowest BCUT2D eigenvalue weighted by Crippen LogP contribution is -2.45. The molecule has 0 atom stereocenters. The van der Waals surface area contributed by atoms with E-state index in [9.17, 15) is 62.7 Å². The highest BCUT2D eigenvalue weighted by Crippen LogP contribution is 2.44. The molecule has 0 aliphatic carbocycles. The van der Waals surface area contributed by atoms with Gasteiger partial charge in [-0.15, -0.1) is 0 Å². The number of nitrogens with one attached hydrogen (secondary N) is 4. The lowest BCUT2D eigenvalue weighted by Gasteiger charge is -2.34. The molecule has 0 bridgehead atoms. The molecule has 9 N–H and O–H groups in total. The molecule has 0 radical (unpaired) electrons. The Morgan fingerprint density at radius 2 is 0.817 bits per heavy atom. The monoisotopic (exact) mass is 1860 g/mol. The van der Waals surface area contributed by atoms with Crippen molar-refractivity contribution in [2.24, 2.45) is 10.3 Å². The number of aliphatic hydroxyl groups excluding tert-OH is 1. The first-order chi connectivity index (χ1) is 62.3. The number of aryl methyl sites for hydroxylation is 1. The topological polar surface area (TPSA) is 423 Å². The minimum atomic E-state index is -4.49. The number of halogens is 4. The number of carbonyl (C=O) groups excluding carboxylic acids is 4. The number of aromatic nitrogens is 8. The van der Waals surface area contributed by atoms with E-state index in [1.807, 2.05) is 103 Å². The summed E-state index contributed by atoms with van der Waals surface area (Å²) in [6.07, 6.45) is 2.66. The third-order valence-electron chi connectivity index (χ3n) is 22.9. The van der Waals surface area contributed by atoms with E-state index in [2.05, 4.69) is 77.9 Å². The molecule has 4 aromatic heterocycles. The van der Waals surface area contributed by atoms with E-state index in [4.69, 9.17) is 21.9 Å². The molecule has 6 aliphatic rings. The molecule has 2 amide bonds. The molecule has 8 aromatic carbocycles. The van der Waals surface area contributed by atoms with Gasteiger partial charge in [-0.3, -0.25) is 24.1 Å². The molecule has 2 fully saturated rings. The van der Waals surface area contributed by atoms with E-state index in [0.29, 0.717) is 128 Å². The van der Waals surface area contributed by atoms with Gasteiger partial charge in [0.05, 0.1) is 72.6 Å². The van der Waals surface area contributed by atoms with Crippen LogP contribution in [-0.2, 0) is 55.6 Å². The summed E-state index contributed by atoms with van der Waals surface area (Å²) < 4.78 is 115. The molecule has 12 aromatic rings. The van der Waals surface area contributed by atoms with Crippen molar-refractivity contribution in [3.63, 3.8) is 0 Å². The molecule has 678 valence electrons. The van der Waals surface area contributed by atoms with Crippen molar-refractivity contribution >= 4 is 169 Å². The van der Waals surface area contributed by atoms with E-state index >= 15 is 0 Å². The molecule has 131 heavy (non-hydrogen) atoms. The zero-order valence-electron chi connectivity index (χ0n) is 72.1. The quantitative estimate of drug-likeness (QED) is 0.0501. The molecule has 41 heteroatoms. The number of fused-ring (bicyclic) bond motifs is 8. The van der Waals surface area contributed by atoms with Crippen LogP contribution in [0.1, 0.15) is 89.0 Å². The number of carbonyl (C=O) groups is 4. The highest BCUT2D eigenvalue weighted by molar-refractivity contribution is 7.89. The lowest BCUT2D eigenvalue weighted by atomic mass is 10.0. The molecular formula is C90H91ClF3N23O11S3. The van der Waals surface area contributed by atoms with Gasteiger partial charge < -0.3 is 60.7 Å². The van der Waals surface area contributed by atoms with Crippen LogP contribution in [0.3, 0.4) is 0 Å². The highest BCUT2D eigenvalue weighted by atomic mass is 35.5. The third-order valence-corrected chi connectivity index (χ3v) is 26.9. The summed E-state index contributed by atoms with van der Waals surface area (Å²) in [7, 11) is -0.483. The maximum Gasteiger partial charge on any atom is 0.416 e. The fraction of sp³-hybridized carbons (Fsp3) is 0.244.